The van der Waals surface area contributed by atoms with Crippen molar-refractivity contribution in [2.24, 2.45) is 5.41 Å². The summed E-state index contributed by atoms with van der Waals surface area (Å²) in [6, 6.07) is 0.510. The van der Waals surface area contributed by atoms with Crippen LogP contribution in [0.1, 0.15) is 27.7 Å². The molecule has 5 heteroatoms. The molecular weight excluding hydrogens is 258 g/mol. The molecule has 0 aromatic heterocycles. The van der Waals surface area contributed by atoms with Crippen LogP contribution in [0.3, 0.4) is 0 Å². The number of hydrogen-bond donors (Lipinski definition) is 1. The van der Waals surface area contributed by atoms with E-state index in [9.17, 15) is 0 Å². The zero-order valence-electron chi connectivity index (χ0n) is 13.9. The number of hydrogen-bond acceptors (Lipinski definition) is 5. The van der Waals surface area contributed by atoms with E-state index in [1.54, 1.807) is 7.11 Å². The Bertz CT molecular complexity index is 210. The lowest BCUT2D eigenvalue weighted by atomic mass is 9.94. The van der Waals surface area contributed by atoms with Crippen molar-refractivity contribution in [3.63, 3.8) is 0 Å². The van der Waals surface area contributed by atoms with Crippen molar-refractivity contribution in [2.75, 3.05) is 59.9 Å². The molecule has 20 heavy (non-hydrogen) atoms. The van der Waals surface area contributed by atoms with Gasteiger partial charge in [0.05, 0.1) is 46.2 Å². The van der Waals surface area contributed by atoms with Crippen molar-refractivity contribution in [1.29, 1.82) is 0 Å². The SMILES string of the molecule is COCCOCCOCCOCC(C)(C)CNC(C)C. The third-order valence-electron chi connectivity index (χ3n) is 2.66. The maximum absolute atomic E-state index is 5.65. The molecule has 0 rings (SSSR count). The fourth-order valence-corrected chi connectivity index (χ4v) is 1.46. The Morgan fingerprint density at radius 3 is 1.85 bits per heavy atom. The van der Waals surface area contributed by atoms with Gasteiger partial charge in [-0.3, -0.25) is 0 Å². The molecule has 0 fully saturated rings. The zero-order chi connectivity index (χ0) is 15.3. The summed E-state index contributed by atoms with van der Waals surface area (Å²) >= 11 is 0. The summed E-state index contributed by atoms with van der Waals surface area (Å²) in [5, 5.41) is 3.43. The lowest BCUT2D eigenvalue weighted by molar-refractivity contribution is -0.00959. The molecular formula is C15H33NO4. The predicted octanol–water partition coefficient (Wildman–Crippen LogP) is 1.71. The van der Waals surface area contributed by atoms with Crippen LogP contribution in [0.4, 0.5) is 0 Å². The molecule has 0 aromatic rings. The summed E-state index contributed by atoms with van der Waals surface area (Å²) in [6.45, 7) is 14.1. The molecule has 0 aromatic carbocycles. The summed E-state index contributed by atoms with van der Waals surface area (Å²) in [5.74, 6) is 0. The van der Waals surface area contributed by atoms with E-state index in [2.05, 4.69) is 33.0 Å². The Morgan fingerprint density at radius 1 is 0.850 bits per heavy atom. The van der Waals surface area contributed by atoms with Gasteiger partial charge in [-0.25, -0.2) is 0 Å². The molecule has 122 valence electrons. The monoisotopic (exact) mass is 291 g/mol. The van der Waals surface area contributed by atoms with Crippen molar-refractivity contribution < 1.29 is 18.9 Å². The van der Waals surface area contributed by atoms with Gasteiger partial charge in [0.1, 0.15) is 0 Å². The van der Waals surface area contributed by atoms with Crippen molar-refractivity contribution >= 4 is 0 Å². The van der Waals surface area contributed by atoms with E-state index in [-0.39, 0.29) is 5.41 Å². The predicted molar refractivity (Wildman–Crippen MR) is 81.3 cm³/mol. The third-order valence-corrected chi connectivity index (χ3v) is 2.66. The Morgan fingerprint density at radius 2 is 1.35 bits per heavy atom. The summed E-state index contributed by atoms with van der Waals surface area (Å²) in [7, 11) is 1.66. The maximum atomic E-state index is 5.65. The summed E-state index contributed by atoms with van der Waals surface area (Å²) in [5.41, 5.74) is 0.146. The lowest BCUT2D eigenvalue weighted by Crippen LogP contribution is -2.37. The summed E-state index contributed by atoms with van der Waals surface area (Å²) < 4.78 is 21.2. The molecule has 0 aliphatic heterocycles. The Labute approximate surface area is 124 Å². The number of nitrogens with one attached hydrogen (secondary N) is 1. The number of methoxy groups -OCH3 is 1. The number of rotatable bonds is 14. The van der Waals surface area contributed by atoms with Crippen molar-refractivity contribution in [3.05, 3.63) is 0 Å². The van der Waals surface area contributed by atoms with E-state index < -0.39 is 0 Å². The molecule has 0 aliphatic rings. The third kappa shape index (κ3) is 14.2. The summed E-state index contributed by atoms with van der Waals surface area (Å²) in [4.78, 5) is 0. The summed E-state index contributed by atoms with van der Waals surface area (Å²) in [6.07, 6.45) is 0. The lowest BCUT2D eigenvalue weighted by Gasteiger charge is -2.26. The molecule has 0 aliphatic carbocycles. The van der Waals surface area contributed by atoms with Crippen molar-refractivity contribution in [1.82, 2.24) is 5.32 Å². The van der Waals surface area contributed by atoms with E-state index in [1.165, 1.54) is 0 Å². The van der Waals surface area contributed by atoms with Gasteiger partial charge in [0.15, 0.2) is 0 Å². The highest BCUT2D eigenvalue weighted by Crippen LogP contribution is 2.14. The molecule has 0 heterocycles. The second kappa shape index (κ2) is 12.5. The highest BCUT2D eigenvalue weighted by molar-refractivity contribution is 4.72. The second-order valence-corrected chi connectivity index (χ2v) is 5.97. The van der Waals surface area contributed by atoms with Crippen molar-refractivity contribution in [3.8, 4) is 0 Å². The van der Waals surface area contributed by atoms with E-state index in [0.717, 1.165) is 13.2 Å². The largest absolute Gasteiger partial charge is 0.382 e. The van der Waals surface area contributed by atoms with Crippen LogP contribution in [0.2, 0.25) is 0 Å². The van der Waals surface area contributed by atoms with Gasteiger partial charge in [0.2, 0.25) is 0 Å². The van der Waals surface area contributed by atoms with Crippen LogP contribution in [0.15, 0.2) is 0 Å². The quantitative estimate of drug-likeness (QED) is 0.494. The van der Waals surface area contributed by atoms with Gasteiger partial charge in [0.25, 0.3) is 0 Å². The molecule has 1 N–H and O–H groups in total. The van der Waals surface area contributed by atoms with Crippen molar-refractivity contribution in [2.45, 2.75) is 33.7 Å². The van der Waals surface area contributed by atoms with Crippen LogP contribution in [0, 0.1) is 5.41 Å². The Hall–Kier alpha value is -0.200. The Kier molecular flexibility index (Phi) is 12.4. The van der Waals surface area contributed by atoms with Gasteiger partial charge in [-0.1, -0.05) is 27.7 Å². The minimum absolute atomic E-state index is 0.146. The molecule has 0 atom stereocenters. The fourth-order valence-electron chi connectivity index (χ4n) is 1.46. The van der Waals surface area contributed by atoms with Gasteiger partial charge in [-0.05, 0) is 0 Å². The molecule has 0 unspecified atom stereocenters. The van der Waals surface area contributed by atoms with Gasteiger partial charge in [-0.15, -0.1) is 0 Å². The number of ether oxygens (including phenoxy) is 4. The van der Waals surface area contributed by atoms with Crippen LogP contribution in [0.25, 0.3) is 0 Å². The van der Waals surface area contributed by atoms with Crippen LogP contribution >= 0.6 is 0 Å². The molecule has 0 spiro atoms. The normalized spacial score (nSPS) is 12.3. The standard InChI is InChI=1S/C15H33NO4/c1-14(2)16-12-15(3,4)13-20-11-10-19-9-8-18-7-6-17-5/h14,16H,6-13H2,1-5H3. The second-order valence-electron chi connectivity index (χ2n) is 5.97. The zero-order valence-corrected chi connectivity index (χ0v) is 13.9. The van der Waals surface area contributed by atoms with Crippen LogP contribution < -0.4 is 5.32 Å². The average molecular weight is 291 g/mol. The molecule has 0 saturated heterocycles. The Balaban J connectivity index is 3.30. The molecule has 5 nitrogen and oxygen atoms in total. The first-order valence-electron chi connectivity index (χ1n) is 7.43. The fraction of sp³-hybridized carbons (Fsp3) is 1.00. The van der Waals surface area contributed by atoms with Gasteiger partial charge >= 0.3 is 0 Å². The first-order chi connectivity index (χ1) is 9.48. The van der Waals surface area contributed by atoms with E-state index in [1.807, 2.05) is 0 Å². The molecule has 0 saturated carbocycles. The minimum atomic E-state index is 0.146. The van der Waals surface area contributed by atoms with Gasteiger partial charge in [-0.2, -0.15) is 0 Å². The van der Waals surface area contributed by atoms with Crippen LogP contribution in [-0.4, -0.2) is 65.9 Å². The highest BCUT2D eigenvalue weighted by Gasteiger charge is 2.17. The molecule has 0 bridgehead atoms. The van der Waals surface area contributed by atoms with Crippen LogP contribution in [-0.2, 0) is 18.9 Å². The topological polar surface area (TPSA) is 49.0 Å². The minimum Gasteiger partial charge on any atom is -0.382 e. The molecule has 0 amide bonds. The highest BCUT2D eigenvalue weighted by atomic mass is 16.6. The smallest absolute Gasteiger partial charge is 0.0701 e. The molecule has 0 radical (unpaired) electrons. The van der Waals surface area contributed by atoms with Gasteiger partial charge < -0.3 is 24.3 Å². The van der Waals surface area contributed by atoms with Gasteiger partial charge in [0, 0.05) is 25.1 Å². The first-order valence-corrected chi connectivity index (χ1v) is 7.43. The van der Waals surface area contributed by atoms with E-state index in [4.69, 9.17) is 18.9 Å². The van der Waals surface area contributed by atoms with E-state index in [0.29, 0.717) is 45.7 Å². The maximum Gasteiger partial charge on any atom is 0.0701 e. The first kappa shape index (κ1) is 19.8. The average Bonchev–Trinajstić information content (AvgIpc) is 2.39. The van der Waals surface area contributed by atoms with Crippen LogP contribution in [0.5, 0.6) is 0 Å². The van der Waals surface area contributed by atoms with E-state index >= 15 is 0 Å².